The van der Waals surface area contributed by atoms with Gasteiger partial charge < -0.3 is 25.5 Å². The summed E-state index contributed by atoms with van der Waals surface area (Å²) in [5, 5.41) is 17.0. The number of urea groups is 1. The van der Waals surface area contributed by atoms with Crippen LogP contribution in [-0.2, 0) is 27.4 Å². The summed E-state index contributed by atoms with van der Waals surface area (Å²) in [6.45, 7) is 3.54. The second-order valence-corrected chi connectivity index (χ2v) is 8.84. The van der Waals surface area contributed by atoms with E-state index in [0.29, 0.717) is 31.8 Å². The summed E-state index contributed by atoms with van der Waals surface area (Å²) in [5.41, 5.74) is 2.68. The number of carbonyl (C=O) groups is 3. The van der Waals surface area contributed by atoms with E-state index in [0.717, 1.165) is 30.5 Å². The molecule has 3 heterocycles. The summed E-state index contributed by atoms with van der Waals surface area (Å²) in [7, 11) is 0. The average molecular weight is 536 g/mol. The molecule has 10 nitrogen and oxygen atoms in total. The Morgan fingerprint density at radius 2 is 1.76 bits per heavy atom. The van der Waals surface area contributed by atoms with Crippen molar-refractivity contribution in [1.29, 1.82) is 0 Å². The van der Waals surface area contributed by atoms with Gasteiger partial charge in [-0.2, -0.15) is 13.2 Å². The average Bonchev–Trinajstić information content (AvgIpc) is 3.31. The van der Waals surface area contributed by atoms with E-state index < -0.39 is 17.7 Å². The third-order valence-corrected chi connectivity index (χ3v) is 5.99. The van der Waals surface area contributed by atoms with Crippen LogP contribution < -0.4 is 10.6 Å². The molecule has 0 aliphatic carbocycles. The molecule has 13 heteroatoms. The van der Waals surface area contributed by atoms with Crippen molar-refractivity contribution in [1.82, 2.24) is 15.2 Å². The van der Waals surface area contributed by atoms with Crippen LogP contribution in [0.4, 0.5) is 23.7 Å². The first-order chi connectivity index (χ1) is 18.0. The second kappa shape index (κ2) is 12.4. The van der Waals surface area contributed by atoms with E-state index >= 15 is 0 Å². The lowest BCUT2D eigenvalue weighted by Crippen LogP contribution is -2.52. The lowest BCUT2D eigenvalue weighted by atomic mass is 9.88. The number of carboxylic acids is 1. The van der Waals surface area contributed by atoms with E-state index in [1.54, 1.807) is 17.3 Å². The monoisotopic (exact) mass is 535 g/mol. The van der Waals surface area contributed by atoms with Gasteiger partial charge in [0.15, 0.2) is 5.60 Å². The summed E-state index contributed by atoms with van der Waals surface area (Å²) in [6, 6.07) is 11.4. The fourth-order valence-corrected chi connectivity index (χ4v) is 3.94. The van der Waals surface area contributed by atoms with Crippen LogP contribution in [0.15, 0.2) is 53.9 Å². The van der Waals surface area contributed by atoms with Crippen LogP contribution >= 0.6 is 0 Å². The van der Waals surface area contributed by atoms with Crippen molar-refractivity contribution in [3.8, 4) is 0 Å². The van der Waals surface area contributed by atoms with Gasteiger partial charge in [0.2, 0.25) is 0 Å². The van der Waals surface area contributed by atoms with Crippen molar-refractivity contribution in [3.05, 3.63) is 59.9 Å². The minimum atomic E-state index is -5.08. The summed E-state index contributed by atoms with van der Waals surface area (Å²) in [4.78, 5) is 45.6. The smallest absolute Gasteiger partial charge is 0.475 e. The quantitative estimate of drug-likeness (QED) is 0.534. The van der Waals surface area contributed by atoms with Crippen molar-refractivity contribution < 1.29 is 37.5 Å². The SMILES string of the molecule is CCc1ccc(NC(=O)N2CCCC3(CC(C(=O)NCc4ccncc4)=NO3)C2)cc1.O=C(O)C(F)(F)F. The predicted octanol–water partition coefficient (Wildman–Crippen LogP) is 3.74. The van der Waals surface area contributed by atoms with Gasteiger partial charge in [-0.25, -0.2) is 9.59 Å². The maximum absolute atomic E-state index is 12.8. The third-order valence-electron chi connectivity index (χ3n) is 5.99. The summed E-state index contributed by atoms with van der Waals surface area (Å²) >= 11 is 0. The number of pyridine rings is 1. The lowest BCUT2D eigenvalue weighted by Gasteiger charge is -2.38. The molecule has 1 spiro atoms. The lowest BCUT2D eigenvalue weighted by molar-refractivity contribution is -0.192. The number of likely N-dealkylation sites (tertiary alicyclic amines) is 1. The molecule has 3 N–H and O–H groups in total. The van der Waals surface area contributed by atoms with Gasteiger partial charge >= 0.3 is 18.2 Å². The molecular formula is C25H28F3N5O5. The summed E-state index contributed by atoms with van der Waals surface area (Å²) < 4.78 is 31.7. The van der Waals surface area contributed by atoms with Gasteiger partial charge in [0.25, 0.3) is 5.91 Å². The Bertz CT molecular complexity index is 1160. The number of benzene rings is 1. The number of carboxylic acid groups (broad SMARTS) is 1. The number of nitrogens with zero attached hydrogens (tertiary/aromatic N) is 3. The highest BCUT2D eigenvalue weighted by Gasteiger charge is 2.45. The zero-order valence-electron chi connectivity index (χ0n) is 20.6. The van der Waals surface area contributed by atoms with E-state index in [2.05, 4.69) is 27.7 Å². The van der Waals surface area contributed by atoms with Crippen LogP contribution in [0.25, 0.3) is 0 Å². The largest absolute Gasteiger partial charge is 0.490 e. The molecule has 1 saturated heterocycles. The van der Waals surface area contributed by atoms with E-state index in [1.165, 1.54) is 5.56 Å². The Hall–Kier alpha value is -4.16. The van der Waals surface area contributed by atoms with Crippen LogP contribution in [0.1, 0.15) is 37.3 Å². The number of hydrogen-bond donors (Lipinski definition) is 3. The molecule has 3 amide bonds. The first-order valence-corrected chi connectivity index (χ1v) is 11.9. The zero-order chi connectivity index (χ0) is 27.8. The van der Waals surface area contributed by atoms with Gasteiger partial charge in [-0.05, 0) is 54.7 Å². The van der Waals surface area contributed by atoms with Gasteiger partial charge in [-0.1, -0.05) is 24.2 Å². The Morgan fingerprint density at radius 1 is 1.11 bits per heavy atom. The molecular weight excluding hydrogens is 507 g/mol. The van der Waals surface area contributed by atoms with E-state index in [1.807, 2.05) is 36.4 Å². The molecule has 38 heavy (non-hydrogen) atoms. The Morgan fingerprint density at radius 3 is 2.37 bits per heavy atom. The van der Waals surface area contributed by atoms with Crippen molar-refractivity contribution in [2.24, 2.45) is 5.16 Å². The van der Waals surface area contributed by atoms with Gasteiger partial charge in [-0.3, -0.25) is 9.78 Å². The number of oxime groups is 1. The summed E-state index contributed by atoms with van der Waals surface area (Å²) in [6.07, 6.45) is 1.19. The molecule has 2 aromatic rings. The minimum absolute atomic E-state index is 0.164. The van der Waals surface area contributed by atoms with Crippen molar-refractivity contribution in [2.45, 2.75) is 50.9 Å². The Labute approximate surface area is 216 Å². The second-order valence-electron chi connectivity index (χ2n) is 8.84. The number of aliphatic carboxylic acids is 1. The van der Waals surface area contributed by atoms with Crippen LogP contribution in [0.2, 0.25) is 0 Å². The maximum Gasteiger partial charge on any atom is 0.490 e. The molecule has 1 unspecified atom stereocenters. The molecule has 1 fully saturated rings. The van der Waals surface area contributed by atoms with Gasteiger partial charge in [0.1, 0.15) is 5.71 Å². The van der Waals surface area contributed by atoms with Crippen molar-refractivity contribution in [2.75, 3.05) is 18.4 Å². The molecule has 2 aliphatic rings. The molecule has 0 saturated carbocycles. The fourth-order valence-electron chi connectivity index (χ4n) is 3.94. The standard InChI is InChI=1S/C23H27N5O3.C2HF3O2/c1-2-17-4-6-19(7-5-17)26-22(30)28-13-3-10-23(16-28)14-20(27-31-23)21(29)25-15-18-8-11-24-12-9-18;3-2(4,5)1(6)7/h4-9,11-12H,2-3,10,13-16H2,1H3,(H,25,29)(H,26,30);(H,6,7). The minimum Gasteiger partial charge on any atom is -0.475 e. The molecule has 4 rings (SSSR count). The predicted molar refractivity (Wildman–Crippen MR) is 131 cm³/mol. The molecule has 1 atom stereocenters. The highest BCUT2D eigenvalue weighted by Crippen LogP contribution is 2.33. The van der Waals surface area contributed by atoms with Crippen LogP contribution in [0.5, 0.6) is 0 Å². The number of aromatic nitrogens is 1. The number of anilines is 1. The fraction of sp³-hybridized carbons (Fsp3) is 0.400. The Balaban J connectivity index is 0.000000505. The number of hydrogen-bond acceptors (Lipinski definition) is 6. The first kappa shape index (κ1) is 28.4. The number of carbonyl (C=O) groups excluding carboxylic acids is 2. The molecule has 0 bridgehead atoms. The number of piperidine rings is 1. The number of halogens is 3. The zero-order valence-corrected chi connectivity index (χ0v) is 20.6. The topological polar surface area (TPSA) is 133 Å². The number of rotatable bonds is 5. The van der Waals surface area contributed by atoms with Gasteiger partial charge in [-0.15, -0.1) is 0 Å². The van der Waals surface area contributed by atoms with E-state index in [-0.39, 0.29) is 11.9 Å². The van der Waals surface area contributed by atoms with Crippen molar-refractivity contribution >= 4 is 29.3 Å². The molecule has 0 radical (unpaired) electrons. The third kappa shape index (κ3) is 7.92. The van der Waals surface area contributed by atoms with Crippen molar-refractivity contribution in [3.63, 3.8) is 0 Å². The number of alkyl halides is 3. The maximum atomic E-state index is 12.8. The normalized spacial score (nSPS) is 18.5. The van der Waals surface area contributed by atoms with E-state index in [9.17, 15) is 22.8 Å². The number of nitrogens with one attached hydrogen (secondary N) is 2. The summed E-state index contributed by atoms with van der Waals surface area (Å²) in [5.74, 6) is -3.00. The first-order valence-electron chi connectivity index (χ1n) is 11.9. The van der Waals surface area contributed by atoms with Gasteiger partial charge in [0, 0.05) is 37.6 Å². The number of amides is 3. The molecule has 1 aromatic heterocycles. The number of aryl methyl sites for hydroxylation is 1. The van der Waals surface area contributed by atoms with Gasteiger partial charge in [0.05, 0.1) is 6.54 Å². The molecule has 204 valence electrons. The highest BCUT2D eigenvalue weighted by molar-refractivity contribution is 6.39. The highest BCUT2D eigenvalue weighted by atomic mass is 19.4. The Kier molecular flexibility index (Phi) is 9.26. The molecule has 2 aliphatic heterocycles. The van der Waals surface area contributed by atoms with Crippen LogP contribution in [-0.4, -0.2) is 63.5 Å². The van der Waals surface area contributed by atoms with Crippen LogP contribution in [0, 0.1) is 0 Å². The van der Waals surface area contributed by atoms with E-state index in [4.69, 9.17) is 14.7 Å². The van der Waals surface area contributed by atoms with Crippen LogP contribution in [0.3, 0.4) is 0 Å². The molecule has 1 aromatic carbocycles.